The second-order valence-corrected chi connectivity index (χ2v) is 5.93. The van der Waals surface area contributed by atoms with Crippen LogP contribution in [0, 0.1) is 6.92 Å². The number of hydrogen-bond donors (Lipinski definition) is 0. The Hall–Kier alpha value is -2.87. The number of carbonyl (C=O) groups is 1. The van der Waals surface area contributed by atoms with Gasteiger partial charge in [-0.05, 0) is 42.9 Å². The van der Waals surface area contributed by atoms with Crippen LogP contribution in [0.5, 0.6) is 0 Å². The molecule has 2 aromatic carbocycles. The summed E-state index contributed by atoms with van der Waals surface area (Å²) in [5.41, 5.74) is 3.79. The van der Waals surface area contributed by atoms with Crippen LogP contribution in [-0.2, 0) is 15.1 Å². The number of benzene rings is 2. The fourth-order valence-electron chi connectivity index (χ4n) is 3.02. The lowest BCUT2D eigenvalue weighted by atomic mass is 9.88. The van der Waals surface area contributed by atoms with Gasteiger partial charge >= 0.3 is 0 Å². The normalized spacial score (nSPS) is 19.2. The van der Waals surface area contributed by atoms with Crippen LogP contribution in [0.4, 0.5) is 0 Å². The molecule has 4 rings (SSSR count). The minimum atomic E-state index is -0.666. The molecule has 0 N–H and O–H groups in total. The van der Waals surface area contributed by atoms with Gasteiger partial charge in [0.25, 0.3) is 0 Å². The van der Waals surface area contributed by atoms with Gasteiger partial charge in [-0.3, -0.25) is 4.79 Å². The van der Waals surface area contributed by atoms with Crippen molar-refractivity contribution in [3.63, 3.8) is 0 Å². The molecule has 1 heterocycles. The molecule has 0 radical (unpaired) electrons. The van der Waals surface area contributed by atoms with Gasteiger partial charge in [0.2, 0.25) is 0 Å². The molecule has 2 nitrogen and oxygen atoms in total. The van der Waals surface area contributed by atoms with Crippen LogP contribution >= 0.6 is 0 Å². The molecule has 0 amide bonds. The predicted molar refractivity (Wildman–Crippen MR) is 91.5 cm³/mol. The smallest absolute Gasteiger partial charge is 0.178 e. The van der Waals surface area contributed by atoms with Crippen LogP contribution in [0.25, 0.3) is 11.8 Å². The van der Waals surface area contributed by atoms with Gasteiger partial charge in [0.15, 0.2) is 11.4 Å². The standard InChI is InChI=1S/C21H16O2/c1-15-6-8-16(9-7-15)14-20-18-4-2-3-5-19(18)21(23-20)12-10-17(22)11-13-21/h2-14H,1H3/b20-14-. The highest BCUT2D eigenvalue weighted by Crippen LogP contribution is 2.46. The van der Waals surface area contributed by atoms with E-state index in [1.807, 2.05) is 30.4 Å². The predicted octanol–water partition coefficient (Wildman–Crippen LogP) is 4.41. The summed E-state index contributed by atoms with van der Waals surface area (Å²) >= 11 is 0. The molecular formula is C21H16O2. The van der Waals surface area contributed by atoms with E-state index in [2.05, 4.69) is 43.3 Å². The quantitative estimate of drug-likeness (QED) is 0.779. The van der Waals surface area contributed by atoms with Crippen molar-refractivity contribution in [2.45, 2.75) is 12.5 Å². The second kappa shape index (κ2) is 5.10. The first-order valence-corrected chi connectivity index (χ1v) is 7.66. The largest absolute Gasteiger partial charge is 0.474 e. The zero-order valence-corrected chi connectivity index (χ0v) is 12.8. The molecule has 0 bridgehead atoms. The number of ketones is 1. The van der Waals surface area contributed by atoms with E-state index in [1.54, 1.807) is 12.2 Å². The molecule has 1 aliphatic heterocycles. The first-order valence-electron chi connectivity index (χ1n) is 7.66. The summed E-state index contributed by atoms with van der Waals surface area (Å²) in [4.78, 5) is 11.5. The third kappa shape index (κ3) is 2.33. The molecule has 2 aromatic rings. The van der Waals surface area contributed by atoms with E-state index in [0.717, 1.165) is 22.4 Å². The molecule has 0 saturated carbocycles. The lowest BCUT2D eigenvalue weighted by Crippen LogP contribution is -2.22. The average molecular weight is 300 g/mol. The molecule has 0 saturated heterocycles. The van der Waals surface area contributed by atoms with E-state index in [1.165, 1.54) is 5.56 Å². The van der Waals surface area contributed by atoms with Crippen molar-refractivity contribution < 1.29 is 9.53 Å². The lowest BCUT2D eigenvalue weighted by Gasteiger charge is -2.24. The summed E-state index contributed by atoms with van der Waals surface area (Å²) in [6, 6.07) is 16.4. The zero-order chi connectivity index (χ0) is 15.9. The number of carbonyl (C=O) groups excluding carboxylic acids is 1. The van der Waals surface area contributed by atoms with E-state index < -0.39 is 5.60 Å². The van der Waals surface area contributed by atoms with Crippen LogP contribution in [0.15, 0.2) is 72.8 Å². The summed E-state index contributed by atoms with van der Waals surface area (Å²) in [7, 11) is 0. The van der Waals surface area contributed by atoms with Gasteiger partial charge in [-0.2, -0.15) is 0 Å². The molecule has 2 aliphatic rings. The number of ether oxygens (including phenoxy) is 1. The van der Waals surface area contributed by atoms with Gasteiger partial charge in [0, 0.05) is 11.1 Å². The SMILES string of the molecule is Cc1ccc(/C=C2\OC3(C=CC(=O)C=C3)c3ccccc32)cc1. The number of allylic oxidation sites excluding steroid dienone is 2. The van der Waals surface area contributed by atoms with E-state index in [9.17, 15) is 4.79 Å². The molecule has 23 heavy (non-hydrogen) atoms. The average Bonchev–Trinajstić information content (AvgIpc) is 2.87. The Bertz CT molecular complexity index is 851. The molecule has 0 unspecified atom stereocenters. The molecule has 0 fully saturated rings. The van der Waals surface area contributed by atoms with Gasteiger partial charge in [-0.1, -0.05) is 54.1 Å². The minimum absolute atomic E-state index is 0.00679. The molecule has 1 spiro atoms. The van der Waals surface area contributed by atoms with Crippen LogP contribution in [-0.4, -0.2) is 5.78 Å². The van der Waals surface area contributed by atoms with Crippen LogP contribution in [0.2, 0.25) is 0 Å². The highest BCUT2D eigenvalue weighted by molar-refractivity contribution is 6.01. The Balaban J connectivity index is 1.82. The van der Waals surface area contributed by atoms with Crippen molar-refractivity contribution in [1.82, 2.24) is 0 Å². The summed E-state index contributed by atoms with van der Waals surface area (Å²) in [5, 5.41) is 0. The highest BCUT2D eigenvalue weighted by Gasteiger charge is 2.40. The first-order chi connectivity index (χ1) is 11.2. The third-order valence-corrected chi connectivity index (χ3v) is 4.26. The minimum Gasteiger partial charge on any atom is -0.474 e. The Labute approximate surface area is 135 Å². The highest BCUT2D eigenvalue weighted by atomic mass is 16.5. The van der Waals surface area contributed by atoms with Crippen molar-refractivity contribution in [2.75, 3.05) is 0 Å². The summed E-state index contributed by atoms with van der Waals surface area (Å²) in [6.45, 7) is 2.07. The van der Waals surface area contributed by atoms with E-state index in [0.29, 0.717) is 0 Å². The Morgan fingerprint density at radius 1 is 0.957 bits per heavy atom. The van der Waals surface area contributed by atoms with Gasteiger partial charge in [-0.25, -0.2) is 0 Å². The molecule has 2 heteroatoms. The van der Waals surface area contributed by atoms with Gasteiger partial charge < -0.3 is 4.74 Å². The topological polar surface area (TPSA) is 26.3 Å². The Morgan fingerprint density at radius 2 is 1.65 bits per heavy atom. The summed E-state index contributed by atoms with van der Waals surface area (Å²) in [5.74, 6) is 0.820. The van der Waals surface area contributed by atoms with Gasteiger partial charge in [0.1, 0.15) is 5.76 Å². The Morgan fingerprint density at radius 3 is 2.39 bits per heavy atom. The van der Waals surface area contributed by atoms with Crippen LogP contribution in [0.3, 0.4) is 0 Å². The molecule has 0 aromatic heterocycles. The van der Waals surface area contributed by atoms with Crippen molar-refractivity contribution in [3.05, 3.63) is 95.1 Å². The molecular weight excluding hydrogens is 284 g/mol. The number of fused-ring (bicyclic) bond motifs is 2. The fourth-order valence-corrected chi connectivity index (χ4v) is 3.02. The zero-order valence-electron chi connectivity index (χ0n) is 12.8. The second-order valence-electron chi connectivity index (χ2n) is 5.93. The van der Waals surface area contributed by atoms with Gasteiger partial charge in [-0.15, -0.1) is 0 Å². The maximum absolute atomic E-state index is 11.5. The summed E-state index contributed by atoms with van der Waals surface area (Å²) < 4.78 is 6.28. The third-order valence-electron chi connectivity index (χ3n) is 4.26. The number of hydrogen-bond acceptors (Lipinski definition) is 2. The van der Waals surface area contributed by atoms with Crippen molar-refractivity contribution >= 4 is 17.6 Å². The van der Waals surface area contributed by atoms with Gasteiger partial charge in [0.05, 0.1) is 0 Å². The number of aryl methyl sites for hydroxylation is 1. The lowest BCUT2D eigenvalue weighted by molar-refractivity contribution is -0.110. The fraction of sp³-hybridized carbons (Fsp3) is 0.0952. The first kappa shape index (κ1) is 13.8. The van der Waals surface area contributed by atoms with Crippen molar-refractivity contribution in [1.29, 1.82) is 0 Å². The van der Waals surface area contributed by atoms with Crippen molar-refractivity contribution in [2.24, 2.45) is 0 Å². The van der Waals surface area contributed by atoms with E-state index >= 15 is 0 Å². The van der Waals surface area contributed by atoms with Crippen LogP contribution in [0.1, 0.15) is 22.3 Å². The van der Waals surface area contributed by atoms with Crippen molar-refractivity contribution in [3.8, 4) is 0 Å². The van der Waals surface area contributed by atoms with E-state index in [4.69, 9.17) is 4.74 Å². The number of rotatable bonds is 1. The maximum atomic E-state index is 11.5. The van der Waals surface area contributed by atoms with E-state index in [-0.39, 0.29) is 5.78 Å². The molecule has 0 atom stereocenters. The summed E-state index contributed by atoms with van der Waals surface area (Å²) in [6.07, 6.45) is 8.87. The monoisotopic (exact) mass is 300 g/mol. The molecule has 1 aliphatic carbocycles. The molecule has 112 valence electrons. The Kier molecular flexibility index (Phi) is 3.05. The van der Waals surface area contributed by atoms with Crippen LogP contribution < -0.4 is 0 Å². The maximum Gasteiger partial charge on any atom is 0.178 e.